The van der Waals surface area contributed by atoms with Gasteiger partial charge in [0.05, 0.1) is 18.1 Å². The third-order valence-electron chi connectivity index (χ3n) is 1.94. The van der Waals surface area contributed by atoms with Gasteiger partial charge < -0.3 is 10.2 Å². The molecule has 0 radical (unpaired) electrons. The van der Waals surface area contributed by atoms with Crippen LogP contribution in [0.5, 0.6) is 0 Å². The van der Waals surface area contributed by atoms with Crippen LogP contribution in [-0.2, 0) is 14.3 Å². The third kappa shape index (κ3) is 3.57. The first-order valence-corrected chi connectivity index (χ1v) is 6.11. The van der Waals surface area contributed by atoms with E-state index in [1.807, 2.05) is 6.92 Å². The lowest BCUT2D eigenvalue weighted by atomic mass is 10.2. The summed E-state index contributed by atoms with van der Waals surface area (Å²) in [6.07, 6.45) is -1.19. The minimum atomic E-state index is -3.85. The number of aliphatic hydroxyl groups is 2. The molecule has 5 nitrogen and oxygen atoms in total. The molecule has 0 amide bonds. The number of hydrogen-bond donors (Lipinski definition) is 2. The van der Waals surface area contributed by atoms with Gasteiger partial charge in [-0.3, -0.25) is 4.18 Å². The average Bonchev–Trinajstić information content (AvgIpc) is 2.26. The van der Waals surface area contributed by atoms with E-state index in [-0.39, 0.29) is 4.90 Å². The van der Waals surface area contributed by atoms with Crippen molar-refractivity contribution in [3.63, 3.8) is 0 Å². The molecule has 16 heavy (non-hydrogen) atoms. The first kappa shape index (κ1) is 13.1. The first-order chi connectivity index (χ1) is 7.45. The van der Waals surface area contributed by atoms with Crippen LogP contribution >= 0.6 is 0 Å². The number of aryl methyl sites for hydroxylation is 1. The van der Waals surface area contributed by atoms with E-state index in [9.17, 15) is 8.42 Å². The Morgan fingerprint density at radius 3 is 2.38 bits per heavy atom. The van der Waals surface area contributed by atoms with Crippen molar-refractivity contribution in [2.24, 2.45) is 0 Å². The van der Waals surface area contributed by atoms with Gasteiger partial charge in [0.15, 0.2) is 0 Å². The van der Waals surface area contributed by atoms with Gasteiger partial charge in [-0.15, -0.1) is 0 Å². The van der Waals surface area contributed by atoms with Crippen LogP contribution in [0.25, 0.3) is 0 Å². The van der Waals surface area contributed by atoms with Gasteiger partial charge in [-0.05, 0) is 19.1 Å². The van der Waals surface area contributed by atoms with Crippen molar-refractivity contribution in [1.29, 1.82) is 0 Å². The number of rotatable bonds is 5. The summed E-state index contributed by atoms with van der Waals surface area (Å²) in [6, 6.07) is 6.16. The van der Waals surface area contributed by atoms with E-state index in [1.54, 1.807) is 12.1 Å². The number of benzene rings is 1. The molecule has 0 saturated heterocycles. The molecule has 6 heteroatoms. The van der Waals surface area contributed by atoms with Crippen molar-refractivity contribution in [1.82, 2.24) is 0 Å². The van der Waals surface area contributed by atoms with E-state index in [2.05, 4.69) is 4.18 Å². The molecule has 90 valence electrons. The molecule has 1 rings (SSSR count). The van der Waals surface area contributed by atoms with Crippen LogP contribution in [0.2, 0.25) is 0 Å². The fourth-order valence-corrected chi connectivity index (χ4v) is 1.94. The molecular formula is C10H14O5S. The molecule has 2 N–H and O–H groups in total. The molecule has 0 spiro atoms. The Bertz CT molecular complexity index is 423. The van der Waals surface area contributed by atoms with E-state index in [0.29, 0.717) is 0 Å². The van der Waals surface area contributed by atoms with Gasteiger partial charge in [-0.25, -0.2) is 0 Å². The second-order valence-electron chi connectivity index (χ2n) is 3.39. The zero-order valence-corrected chi connectivity index (χ0v) is 9.64. The predicted molar refractivity (Wildman–Crippen MR) is 57.4 cm³/mol. The Balaban J connectivity index is 2.74. The average molecular weight is 246 g/mol. The van der Waals surface area contributed by atoms with Gasteiger partial charge in [0.2, 0.25) is 0 Å². The van der Waals surface area contributed by atoms with Gasteiger partial charge >= 0.3 is 0 Å². The molecule has 0 fully saturated rings. The van der Waals surface area contributed by atoms with Gasteiger partial charge in [-0.2, -0.15) is 8.42 Å². The predicted octanol–water partition coefficient (Wildman–Crippen LogP) is 0.0535. The molecule has 0 saturated carbocycles. The summed E-state index contributed by atoms with van der Waals surface area (Å²) in [5.41, 5.74) is 0.939. The highest BCUT2D eigenvalue weighted by Crippen LogP contribution is 2.13. The fourth-order valence-electron chi connectivity index (χ4n) is 0.994. The largest absolute Gasteiger partial charge is 0.394 e. The van der Waals surface area contributed by atoms with E-state index < -0.39 is 29.4 Å². The van der Waals surface area contributed by atoms with Crippen LogP contribution in [0.3, 0.4) is 0 Å². The molecule has 1 atom stereocenters. The molecule has 0 aliphatic carbocycles. The summed E-state index contributed by atoms with van der Waals surface area (Å²) < 4.78 is 27.7. The van der Waals surface area contributed by atoms with Crippen molar-refractivity contribution < 1.29 is 22.8 Å². The molecule has 0 bridgehead atoms. The molecule has 1 aromatic carbocycles. The maximum absolute atomic E-state index is 11.5. The molecular weight excluding hydrogens is 232 g/mol. The van der Waals surface area contributed by atoms with Gasteiger partial charge in [0, 0.05) is 0 Å². The van der Waals surface area contributed by atoms with Crippen molar-refractivity contribution in [2.45, 2.75) is 17.9 Å². The normalized spacial score (nSPS) is 13.7. The highest BCUT2D eigenvalue weighted by molar-refractivity contribution is 7.86. The smallest absolute Gasteiger partial charge is 0.297 e. The summed E-state index contributed by atoms with van der Waals surface area (Å²) >= 11 is 0. The second-order valence-corrected chi connectivity index (χ2v) is 5.00. The van der Waals surface area contributed by atoms with Crippen LogP contribution < -0.4 is 0 Å². The summed E-state index contributed by atoms with van der Waals surface area (Å²) in [6.45, 7) is 0.850. The second kappa shape index (κ2) is 5.40. The van der Waals surface area contributed by atoms with E-state index in [4.69, 9.17) is 10.2 Å². The highest BCUT2D eigenvalue weighted by Gasteiger charge is 2.16. The molecule has 0 aromatic heterocycles. The molecule has 0 aliphatic rings. The van der Waals surface area contributed by atoms with Crippen LogP contribution in [0.4, 0.5) is 0 Å². The molecule has 0 unspecified atom stereocenters. The monoisotopic (exact) mass is 246 g/mol. The first-order valence-electron chi connectivity index (χ1n) is 4.71. The lowest BCUT2D eigenvalue weighted by molar-refractivity contribution is 0.0557. The SMILES string of the molecule is Cc1ccc(S(=O)(=O)OC[C@H](O)CO)cc1. The molecule has 0 heterocycles. The van der Waals surface area contributed by atoms with Crippen LogP contribution in [0.15, 0.2) is 29.2 Å². The van der Waals surface area contributed by atoms with Crippen molar-refractivity contribution >= 4 is 10.1 Å². The standard InChI is InChI=1S/C10H14O5S/c1-8-2-4-10(5-3-8)16(13,14)15-7-9(12)6-11/h2-5,9,11-12H,6-7H2,1H3/t9-/m1/s1. The van der Waals surface area contributed by atoms with Crippen LogP contribution in [0, 0.1) is 6.92 Å². The van der Waals surface area contributed by atoms with E-state index in [1.165, 1.54) is 12.1 Å². The van der Waals surface area contributed by atoms with Crippen molar-refractivity contribution in [2.75, 3.05) is 13.2 Å². The van der Waals surface area contributed by atoms with E-state index >= 15 is 0 Å². The fraction of sp³-hybridized carbons (Fsp3) is 0.400. The zero-order chi connectivity index (χ0) is 12.2. The Hall–Kier alpha value is -0.950. The summed E-state index contributed by atoms with van der Waals surface area (Å²) in [5, 5.41) is 17.5. The number of hydrogen-bond acceptors (Lipinski definition) is 5. The minimum absolute atomic E-state index is 0.0308. The zero-order valence-electron chi connectivity index (χ0n) is 8.83. The van der Waals surface area contributed by atoms with Crippen LogP contribution in [0.1, 0.15) is 5.56 Å². The van der Waals surface area contributed by atoms with Crippen molar-refractivity contribution in [3.8, 4) is 0 Å². The van der Waals surface area contributed by atoms with Crippen molar-refractivity contribution in [3.05, 3.63) is 29.8 Å². The van der Waals surface area contributed by atoms with Gasteiger partial charge in [0.1, 0.15) is 6.10 Å². The quantitative estimate of drug-likeness (QED) is 0.717. The maximum Gasteiger partial charge on any atom is 0.297 e. The Morgan fingerprint density at radius 1 is 1.31 bits per heavy atom. The van der Waals surface area contributed by atoms with Gasteiger partial charge in [0.25, 0.3) is 10.1 Å². The summed E-state index contributed by atoms with van der Waals surface area (Å²) in [4.78, 5) is 0.0308. The maximum atomic E-state index is 11.5. The topological polar surface area (TPSA) is 83.8 Å². The molecule has 1 aromatic rings. The third-order valence-corrected chi connectivity index (χ3v) is 3.23. The summed E-state index contributed by atoms with van der Waals surface area (Å²) in [7, 11) is -3.85. The Morgan fingerprint density at radius 2 is 1.88 bits per heavy atom. The lowest BCUT2D eigenvalue weighted by Gasteiger charge is -2.08. The Kier molecular flexibility index (Phi) is 4.43. The van der Waals surface area contributed by atoms with E-state index in [0.717, 1.165) is 5.56 Å². The molecule has 0 aliphatic heterocycles. The lowest BCUT2D eigenvalue weighted by Crippen LogP contribution is -2.22. The Labute approximate surface area is 94.4 Å². The minimum Gasteiger partial charge on any atom is -0.394 e. The highest BCUT2D eigenvalue weighted by atomic mass is 32.2. The summed E-state index contributed by atoms with van der Waals surface area (Å²) in [5.74, 6) is 0. The van der Waals surface area contributed by atoms with Gasteiger partial charge in [-0.1, -0.05) is 17.7 Å². The van der Waals surface area contributed by atoms with Crippen LogP contribution in [-0.4, -0.2) is 37.9 Å². The number of aliphatic hydroxyl groups excluding tert-OH is 2.